The van der Waals surface area contributed by atoms with Gasteiger partial charge in [0.1, 0.15) is 30.6 Å². The Morgan fingerprint density at radius 1 is 0.985 bits per heavy atom. The lowest BCUT2D eigenvalue weighted by Crippen LogP contribution is -2.58. The second-order valence-corrected chi connectivity index (χ2v) is 19.4. The van der Waals surface area contributed by atoms with Crippen LogP contribution in [0.15, 0.2) is 70.7 Å². The molecule has 67 heavy (non-hydrogen) atoms. The summed E-state index contributed by atoms with van der Waals surface area (Å²) in [4.78, 5) is 66.4. The molecular formula is C51H60ClN7O7S. The van der Waals surface area contributed by atoms with E-state index >= 15 is 0 Å². The highest BCUT2D eigenvalue weighted by Crippen LogP contribution is 2.38. The summed E-state index contributed by atoms with van der Waals surface area (Å²) in [6.45, 7) is 24.7. The molecule has 5 aromatic rings. The third-order valence-corrected chi connectivity index (χ3v) is 13.2. The van der Waals surface area contributed by atoms with Gasteiger partial charge < -0.3 is 34.4 Å². The number of hydrogen-bond acceptors (Lipinski definition) is 11. The number of esters is 1. The maximum absolute atomic E-state index is 14.4. The minimum Gasteiger partial charge on any atom is -0.461 e. The number of carbonyl (C=O) groups is 4. The number of nitrogens with zero attached hydrogens (tertiary/aromatic N) is 5. The van der Waals surface area contributed by atoms with Gasteiger partial charge in [0.15, 0.2) is 0 Å². The predicted molar refractivity (Wildman–Crippen MR) is 261 cm³/mol. The number of likely N-dealkylation sites (tertiary alicyclic amines) is 1. The van der Waals surface area contributed by atoms with Crippen LogP contribution in [0.3, 0.4) is 0 Å². The van der Waals surface area contributed by atoms with Gasteiger partial charge in [0.2, 0.25) is 23.4 Å². The minimum atomic E-state index is -1.00. The van der Waals surface area contributed by atoms with E-state index in [1.807, 2.05) is 90.4 Å². The fourth-order valence-electron chi connectivity index (χ4n) is 8.43. The Hall–Kier alpha value is -6.08. The van der Waals surface area contributed by atoms with E-state index in [0.29, 0.717) is 30.3 Å². The Morgan fingerprint density at radius 2 is 1.72 bits per heavy atom. The highest BCUT2D eigenvalue weighted by atomic mass is 35.5. The van der Waals surface area contributed by atoms with Crippen molar-refractivity contribution in [2.75, 3.05) is 31.2 Å². The van der Waals surface area contributed by atoms with Gasteiger partial charge in [-0.3, -0.25) is 19.2 Å². The maximum Gasteiger partial charge on any atom is 0.302 e. The smallest absolute Gasteiger partial charge is 0.302 e. The lowest BCUT2D eigenvalue weighted by Gasteiger charge is -2.35. The van der Waals surface area contributed by atoms with E-state index in [1.165, 1.54) is 11.8 Å². The van der Waals surface area contributed by atoms with Crippen molar-refractivity contribution in [2.24, 2.45) is 5.41 Å². The first-order chi connectivity index (χ1) is 31.9. The van der Waals surface area contributed by atoms with Crippen molar-refractivity contribution in [1.82, 2.24) is 25.7 Å². The molecule has 2 aromatic heterocycles. The van der Waals surface area contributed by atoms with Crippen LogP contribution >= 0.6 is 22.9 Å². The van der Waals surface area contributed by atoms with E-state index in [2.05, 4.69) is 55.6 Å². The van der Waals surface area contributed by atoms with E-state index in [0.717, 1.165) is 74.1 Å². The molecule has 0 aliphatic carbocycles. The van der Waals surface area contributed by atoms with Gasteiger partial charge >= 0.3 is 5.97 Å². The van der Waals surface area contributed by atoms with Crippen molar-refractivity contribution in [2.45, 2.75) is 112 Å². The molecule has 0 radical (unpaired) electrons. The molecule has 1 aliphatic rings. The van der Waals surface area contributed by atoms with Crippen LogP contribution in [0.4, 0.5) is 17.1 Å². The number of amides is 3. The van der Waals surface area contributed by atoms with Gasteiger partial charge in [-0.1, -0.05) is 80.0 Å². The van der Waals surface area contributed by atoms with Crippen molar-refractivity contribution in [3.8, 4) is 21.6 Å². The number of nitrogens with one attached hydrogen (secondary N) is 2. The lowest BCUT2D eigenvalue weighted by molar-refractivity contribution is -0.147. The number of benzene rings is 3. The molecule has 1 saturated heterocycles. The summed E-state index contributed by atoms with van der Waals surface area (Å²) >= 11 is 8.10. The lowest BCUT2D eigenvalue weighted by atomic mass is 9.85. The number of hydrogen-bond donors (Lipinski definition) is 2. The zero-order valence-corrected chi connectivity index (χ0v) is 41.3. The largest absolute Gasteiger partial charge is 0.461 e. The fraction of sp³-hybridized carbons (Fsp3) is 0.431. The summed E-state index contributed by atoms with van der Waals surface area (Å²) in [5, 5.41) is 10.5. The Labute approximate surface area is 402 Å². The van der Waals surface area contributed by atoms with Gasteiger partial charge in [0.25, 0.3) is 0 Å². The number of unbranched alkanes of at least 4 members (excludes halogenated alkanes) is 2. The first-order valence-corrected chi connectivity index (χ1v) is 23.8. The zero-order valence-electron chi connectivity index (χ0n) is 39.7. The van der Waals surface area contributed by atoms with Crippen LogP contribution in [-0.4, -0.2) is 83.2 Å². The number of aryl methyl sites for hydroxylation is 4. The fourth-order valence-corrected chi connectivity index (χ4v) is 9.46. The first-order valence-electron chi connectivity index (χ1n) is 22.5. The SMILES string of the molecule is [C-]#[N+]c1ccc(N(CCCCCOCC(=O)N[C@H](C(=O)N2C[C@H](OC(C)=O)C[C@H]2C(=O)N[C@@H](C)c2ccc(-c3scnc3C)cc2)C(C)(C)C)c2cc(-c3c(C)noc3C)ccc2C)cc1Cl. The van der Waals surface area contributed by atoms with E-state index < -0.39 is 41.4 Å². The number of aromatic nitrogens is 2. The van der Waals surface area contributed by atoms with Gasteiger partial charge in [-0.2, -0.15) is 0 Å². The van der Waals surface area contributed by atoms with Crippen molar-refractivity contribution in [3.05, 3.63) is 111 Å². The number of anilines is 2. The van der Waals surface area contributed by atoms with Gasteiger partial charge in [-0.15, -0.1) is 11.3 Å². The highest BCUT2D eigenvalue weighted by Gasteiger charge is 2.46. The molecule has 0 unspecified atom stereocenters. The van der Waals surface area contributed by atoms with Crippen molar-refractivity contribution in [1.29, 1.82) is 0 Å². The van der Waals surface area contributed by atoms with E-state index in [-0.39, 0.29) is 31.5 Å². The Bertz CT molecular complexity index is 2590. The van der Waals surface area contributed by atoms with Gasteiger partial charge in [0.05, 0.1) is 40.9 Å². The summed E-state index contributed by atoms with van der Waals surface area (Å²) < 4.78 is 16.8. The van der Waals surface area contributed by atoms with Gasteiger partial charge in [-0.25, -0.2) is 9.83 Å². The molecule has 0 spiro atoms. The number of rotatable bonds is 18. The summed E-state index contributed by atoms with van der Waals surface area (Å²) in [6, 6.07) is 17.3. The van der Waals surface area contributed by atoms with Crippen LogP contribution in [0.25, 0.3) is 26.4 Å². The molecule has 0 bridgehead atoms. The molecule has 3 aromatic carbocycles. The summed E-state index contributed by atoms with van der Waals surface area (Å²) in [5.74, 6) is -1.07. The number of carbonyl (C=O) groups excluding carboxylic acids is 4. The molecule has 16 heteroatoms. The van der Waals surface area contributed by atoms with E-state index in [4.69, 9.17) is 32.2 Å². The summed E-state index contributed by atoms with van der Waals surface area (Å²) in [5.41, 5.74) is 9.96. The maximum atomic E-state index is 14.4. The molecule has 3 amide bonds. The standard InChI is InChI=1S/C51H60ClN7O7S/c1-30-14-15-38(46-32(3)57-66-34(46)5)24-43(30)58(39-20-21-42(53-10)41(52)25-39)22-12-11-13-23-64-28-45(61)56-48(51(7,8)9)50(63)59-27-40(65-35(6)60)26-44(59)49(62)55-31(2)36-16-18-37(19-17-36)47-33(4)54-29-67-47/h14-21,24-25,29,31,40,44,48H,11-13,22-23,26-28H2,1-9H3,(H,55,62)(H,56,61)/t31-,40+,44-,48+/m0/s1. The molecule has 1 fully saturated rings. The van der Waals surface area contributed by atoms with Crippen LogP contribution < -0.4 is 15.5 Å². The number of thiazole rings is 1. The Morgan fingerprint density at radius 3 is 2.34 bits per heavy atom. The molecule has 14 nitrogen and oxygen atoms in total. The molecule has 3 heterocycles. The molecule has 1 aliphatic heterocycles. The topological polar surface area (TPSA) is 161 Å². The summed E-state index contributed by atoms with van der Waals surface area (Å²) in [6.07, 6.45) is 1.68. The van der Waals surface area contributed by atoms with Crippen molar-refractivity contribution in [3.63, 3.8) is 0 Å². The second-order valence-electron chi connectivity index (χ2n) is 18.2. The molecule has 2 N–H and O–H groups in total. The molecule has 0 saturated carbocycles. The second kappa shape index (κ2) is 22.1. The molecule has 6 rings (SSSR count). The van der Waals surface area contributed by atoms with Gasteiger partial charge in [0, 0.05) is 48.5 Å². The Kier molecular flexibility index (Phi) is 16.6. The van der Waals surface area contributed by atoms with Crippen molar-refractivity contribution < 1.29 is 33.2 Å². The normalized spacial score (nSPS) is 15.7. The molecular weight excluding hydrogens is 890 g/mol. The predicted octanol–water partition coefficient (Wildman–Crippen LogP) is 10.2. The zero-order chi connectivity index (χ0) is 48.6. The third kappa shape index (κ3) is 12.5. The van der Waals surface area contributed by atoms with Crippen LogP contribution in [0.5, 0.6) is 0 Å². The van der Waals surface area contributed by atoms with Crippen LogP contribution in [0.1, 0.15) is 94.6 Å². The van der Waals surface area contributed by atoms with Crippen LogP contribution in [0.2, 0.25) is 5.02 Å². The molecule has 354 valence electrons. The van der Waals surface area contributed by atoms with Gasteiger partial charge in [-0.05, 0) is 99.7 Å². The quantitative estimate of drug-likeness (QED) is 0.0492. The number of halogens is 1. The average molecular weight is 951 g/mol. The average Bonchev–Trinajstić information content (AvgIpc) is 4.00. The van der Waals surface area contributed by atoms with Crippen LogP contribution in [-0.2, 0) is 28.7 Å². The monoisotopic (exact) mass is 949 g/mol. The van der Waals surface area contributed by atoms with Crippen LogP contribution in [0, 0.1) is 39.7 Å². The van der Waals surface area contributed by atoms with E-state index in [9.17, 15) is 19.2 Å². The Balaban J connectivity index is 1.05. The number of ether oxygens (including phenoxy) is 2. The van der Waals surface area contributed by atoms with Crippen molar-refractivity contribution >= 4 is 63.7 Å². The minimum absolute atomic E-state index is 0.00963. The highest BCUT2D eigenvalue weighted by molar-refractivity contribution is 7.13. The molecule has 4 atom stereocenters. The summed E-state index contributed by atoms with van der Waals surface area (Å²) in [7, 11) is 0. The van der Waals surface area contributed by atoms with E-state index in [1.54, 1.807) is 17.4 Å². The first kappa shape index (κ1) is 50.3. The third-order valence-electron chi connectivity index (χ3n) is 12.0.